The Hall–Kier alpha value is -0.270. The van der Waals surface area contributed by atoms with Crippen molar-refractivity contribution in [1.29, 1.82) is 0 Å². The van der Waals surface area contributed by atoms with Gasteiger partial charge in [-0.25, -0.2) is 0 Å². The molecule has 90 valence electrons. The quantitative estimate of drug-likeness (QED) is 0.458. The second-order valence-corrected chi connectivity index (χ2v) is 5.91. The van der Waals surface area contributed by atoms with Crippen molar-refractivity contribution in [2.24, 2.45) is 0 Å². The van der Waals surface area contributed by atoms with Crippen LogP contribution >= 0.6 is 15.2 Å². The van der Waals surface area contributed by atoms with Crippen molar-refractivity contribution in [2.75, 3.05) is 19.1 Å². The molecule has 0 amide bonds. The number of nitrogens with one attached hydrogen (secondary N) is 1. The summed E-state index contributed by atoms with van der Waals surface area (Å²) in [6.45, 7) is -1.04. The van der Waals surface area contributed by atoms with E-state index in [1.54, 1.807) is 0 Å². The van der Waals surface area contributed by atoms with Crippen molar-refractivity contribution in [3.63, 3.8) is 0 Å². The topological polar surface area (TPSA) is 171 Å². The first-order chi connectivity index (χ1) is 6.49. The van der Waals surface area contributed by atoms with Gasteiger partial charge < -0.3 is 43.5 Å². The zero-order chi connectivity index (χ0) is 12.3. The average Bonchev–Trinajstić information content (AvgIpc) is 1.73. The van der Waals surface area contributed by atoms with E-state index in [2.05, 4.69) is 0 Å². The van der Waals surface area contributed by atoms with Crippen LogP contribution in [0.15, 0.2) is 0 Å². The highest BCUT2D eigenvalue weighted by Gasteiger charge is 2.12. The molecule has 0 atom stereocenters. The van der Waals surface area contributed by atoms with E-state index in [9.17, 15) is 38.6 Å². The Bertz CT molecular complexity index is 293. The number of hydrogen-bond donors (Lipinski definition) is 1. The molecular formula is C4H7NO8P2-4. The lowest BCUT2D eigenvalue weighted by molar-refractivity contribution is -0.876. The summed E-state index contributed by atoms with van der Waals surface area (Å²) >= 11 is 0. The second kappa shape index (κ2) is 5.18. The first kappa shape index (κ1) is 14.7. The molecule has 0 aromatic rings. The molecule has 0 saturated heterocycles. The number of carboxylic acid groups (broad SMARTS) is 1. The van der Waals surface area contributed by atoms with Crippen molar-refractivity contribution < 1.29 is 43.5 Å². The number of carbonyl (C=O) groups excluding carboxylic acids is 1. The first-order valence-corrected chi connectivity index (χ1v) is 7.01. The van der Waals surface area contributed by atoms with Gasteiger partial charge in [0.2, 0.25) is 0 Å². The Balaban J connectivity index is 4.53. The largest absolute Gasteiger partial charge is 0.807 e. The van der Waals surface area contributed by atoms with Crippen LogP contribution in [-0.4, -0.2) is 25.1 Å². The van der Waals surface area contributed by atoms with Gasteiger partial charge in [0.05, 0.1) is 5.97 Å². The number of quaternary nitrogens is 1. The molecule has 0 saturated carbocycles. The fourth-order valence-corrected chi connectivity index (χ4v) is 2.63. The van der Waals surface area contributed by atoms with Gasteiger partial charge in [-0.15, -0.1) is 0 Å². The summed E-state index contributed by atoms with van der Waals surface area (Å²) < 4.78 is 20.5. The van der Waals surface area contributed by atoms with Gasteiger partial charge in [0.25, 0.3) is 0 Å². The van der Waals surface area contributed by atoms with Crippen molar-refractivity contribution in [3.05, 3.63) is 0 Å². The van der Waals surface area contributed by atoms with Crippen LogP contribution < -0.4 is 29.6 Å². The molecule has 0 unspecified atom stereocenters. The van der Waals surface area contributed by atoms with E-state index in [1.807, 2.05) is 0 Å². The zero-order valence-electron chi connectivity index (χ0n) is 7.28. The number of aliphatic carboxylic acids is 1. The molecule has 0 rings (SSSR count). The molecule has 0 fully saturated rings. The third kappa shape index (κ3) is 10.0. The Morgan fingerprint density at radius 1 is 1.00 bits per heavy atom. The molecule has 0 bridgehead atoms. The summed E-state index contributed by atoms with van der Waals surface area (Å²) in [4.78, 5) is 50.4. The van der Waals surface area contributed by atoms with Crippen molar-refractivity contribution in [2.45, 2.75) is 0 Å². The SMILES string of the molecule is O=C([O-])C[NH+](CP(=O)([O-])[O-])CP(=O)([O-])[O-]. The van der Waals surface area contributed by atoms with Gasteiger partial charge in [-0.05, 0) is 15.2 Å². The highest BCUT2D eigenvalue weighted by atomic mass is 31.2. The van der Waals surface area contributed by atoms with E-state index >= 15 is 0 Å². The highest BCUT2D eigenvalue weighted by molar-refractivity contribution is 7.49. The van der Waals surface area contributed by atoms with Gasteiger partial charge in [-0.3, -0.25) is 0 Å². The maximum Gasteiger partial charge on any atom is 0.118 e. The van der Waals surface area contributed by atoms with E-state index in [0.29, 0.717) is 0 Å². The lowest BCUT2D eigenvalue weighted by Crippen LogP contribution is -3.13. The van der Waals surface area contributed by atoms with E-state index < -0.39 is 45.2 Å². The van der Waals surface area contributed by atoms with Crippen LogP contribution in [0.3, 0.4) is 0 Å². The number of hydrogen-bond acceptors (Lipinski definition) is 8. The summed E-state index contributed by atoms with van der Waals surface area (Å²) in [6, 6.07) is 0. The smallest absolute Gasteiger partial charge is 0.118 e. The summed E-state index contributed by atoms with van der Waals surface area (Å²) in [5, 5.41) is 10.1. The summed E-state index contributed by atoms with van der Waals surface area (Å²) in [5.41, 5.74) is 0. The van der Waals surface area contributed by atoms with Crippen LogP contribution in [0.2, 0.25) is 0 Å². The summed E-state index contributed by atoms with van der Waals surface area (Å²) in [5.74, 6) is -1.76. The molecule has 0 aliphatic rings. The third-order valence-electron chi connectivity index (χ3n) is 1.23. The molecule has 11 heteroatoms. The van der Waals surface area contributed by atoms with Gasteiger partial charge in [-0.1, -0.05) is 0 Å². The van der Waals surface area contributed by atoms with Gasteiger partial charge in [0.1, 0.15) is 19.1 Å². The monoisotopic (exact) mass is 259 g/mol. The van der Waals surface area contributed by atoms with Crippen molar-refractivity contribution in [3.8, 4) is 0 Å². The minimum atomic E-state index is -5.09. The van der Waals surface area contributed by atoms with Crippen LogP contribution in [0.25, 0.3) is 0 Å². The second-order valence-electron chi connectivity index (χ2n) is 2.84. The van der Waals surface area contributed by atoms with Crippen LogP contribution in [0.1, 0.15) is 0 Å². The fraction of sp³-hybridized carbons (Fsp3) is 0.750. The normalized spacial score (nSPS) is 13.1. The zero-order valence-corrected chi connectivity index (χ0v) is 9.07. The molecule has 0 aromatic carbocycles. The highest BCUT2D eigenvalue weighted by Crippen LogP contribution is 2.21. The van der Waals surface area contributed by atoms with Gasteiger partial charge in [0, 0.05) is 0 Å². The molecule has 0 aliphatic carbocycles. The Morgan fingerprint density at radius 2 is 1.33 bits per heavy atom. The Morgan fingerprint density at radius 3 is 1.53 bits per heavy atom. The molecule has 0 aromatic heterocycles. The van der Waals surface area contributed by atoms with Crippen LogP contribution in [0, 0.1) is 0 Å². The Kier molecular flexibility index (Phi) is 5.08. The predicted octanol–water partition coefficient (Wildman–Crippen LogP) is -6.64. The summed E-state index contributed by atoms with van der Waals surface area (Å²) in [6.07, 6.45) is -2.54. The van der Waals surface area contributed by atoms with E-state index in [1.165, 1.54) is 0 Å². The molecular weight excluding hydrogens is 252 g/mol. The molecule has 15 heavy (non-hydrogen) atoms. The number of rotatable bonds is 6. The maximum atomic E-state index is 10.3. The molecule has 0 heterocycles. The maximum absolute atomic E-state index is 10.3. The minimum absolute atomic E-state index is 0.684. The number of carboxylic acids is 1. The van der Waals surface area contributed by atoms with Crippen molar-refractivity contribution >= 4 is 21.2 Å². The van der Waals surface area contributed by atoms with E-state index in [0.717, 1.165) is 0 Å². The van der Waals surface area contributed by atoms with E-state index in [4.69, 9.17) is 0 Å². The van der Waals surface area contributed by atoms with Gasteiger partial charge >= 0.3 is 0 Å². The van der Waals surface area contributed by atoms with E-state index in [-0.39, 0.29) is 0 Å². The van der Waals surface area contributed by atoms with Crippen molar-refractivity contribution in [1.82, 2.24) is 0 Å². The van der Waals surface area contributed by atoms with Crippen LogP contribution in [0.4, 0.5) is 0 Å². The third-order valence-corrected chi connectivity index (χ3v) is 2.90. The molecule has 0 spiro atoms. The standard InChI is InChI=1S/C4H11NO8P2/c6-4(7)1-5(2-14(8,9)10)3-15(11,12)13/h1-3H2,(H,6,7)(H2,8,9,10)(H2,11,12,13)/p-4. The lowest BCUT2D eigenvalue weighted by Gasteiger charge is -2.38. The Labute approximate surface area is 84.7 Å². The molecule has 0 aliphatic heterocycles. The van der Waals surface area contributed by atoms with Crippen LogP contribution in [0.5, 0.6) is 0 Å². The lowest BCUT2D eigenvalue weighted by atomic mass is 10.6. The average molecular weight is 259 g/mol. The summed E-state index contributed by atoms with van der Waals surface area (Å²) in [7, 11) is -10.2. The number of carbonyl (C=O) groups is 1. The first-order valence-electron chi connectivity index (χ1n) is 3.55. The predicted molar refractivity (Wildman–Crippen MR) is 35.8 cm³/mol. The van der Waals surface area contributed by atoms with Gasteiger partial charge in [0.15, 0.2) is 0 Å². The fourth-order valence-electron chi connectivity index (χ4n) is 0.914. The minimum Gasteiger partial charge on any atom is -0.807 e. The molecule has 0 radical (unpaired) electrons. The molecule has 1 N–H and O–H groups in total. The van der Waals surface area contributed by atoms with Crippen LogP contribution in [-0.2, 0) is 13.9 Å². The molecule has 9 nitrogen and oxygen atoms in total. The van der Waals surface area contributed by atoms with Gasteiger partial charge in [-0.2, -0.15) is 0 Å².